The summed E-state index contributed by atoms with van der Waals surface area (Å²) in [5.41, 5.74) is 1.27. The van der Waals surface area contributed by atoms with Crippen molar-refractivity contribution in [1.82, 2.24) is 5.32 Å². The molecule has 2 N–H and O–H groups in total. The molecule has 0 spiro atoms. The maximum atomic E-state index is 12.2. The van der Waals surface area contributed by atoms with Gasteiger partial charge >= 0.3 is 0 Å². The van der Waals surface area contributed by atoms with Gasteiger partial charge in [0.1, 0.15) is 6.04 Å². The third-order valence-electron chi connectivity index (χ3n) is 4.34. The zero-order valence-electron chi connectivity index (χ0n) is 12.8. The molecule has 116 valence electrons. The average Bonchev–Trinajstić information content (AvgIpc) is 3.19. The second-order valence-corrected chi connectivity index (χ2v) is 6.86. The summed E-state index contributed by atoms with van der Waals surface area (Å²) in [4.78, 5) is 15.0. The largest absolute Gasteiger partial charge is 0.351 e. The van der Waals surface area contributed by atoms with Crippen LogP contribution in [0, 0.1) is 0 Å². The highest BCUT2D eigenvalue weighted by Gasteiger charge is 2.31. The molecule has 1 unspecified atom stereocenters. The fourth-order valence-corrected chi connectivity index (χ4v) is 4.14. The van der Waals surface area contributed by atoms with E-state index in [2.05, 4.69) is 35.0 Å². The van der Waals surface area contributed by atoms with Crippen molar-refractivity contribution in [2.45, 2.75) is 25.3 Å². The van der Waals surface area contributed by atoms with Crippen LogP contribution in [0.2, 0.25) is 0 Å². The Morgan fingerprint density at radius 2 is 2.09 bits per heavy atom. The van der Waals surface area contributed by atoms with E-state index in [0.29, 0.717) is 12.6 Å². The predicted molar refractivity (Wildman–Crippen MR) is 90.1 cm³/mol. The van der Waals surface area contributed by atoms with E-state index in [9.17, 15) is 4.79 Å². The van der Waals surface area contributed by atoms with Gasteiger partial charge in [-0.05, 0) is 23.4 Å². The first kappa shape index (κ1) is 15.3. The fourth-order valence-electron chi connectivity index (χ4n) is 3.22. The normalized spacial score (nSPS) is 20.9. The molecule has 1 aromatic carbocycles. The van der Waals surface area contributed by atoms with Crippen molar-refractivity contribution < 1.29 is 9.69 Å². The maximum absolute atomic E-state index is 12.2. The first-order valence-electron chi connectivity index (χ1n) is 8.01. The lowest BCUT2D eigenvalue weighted by molar-refractivity contribution is -0.910. The van der Waals surface area contributed by atoms with Gasteiger partial charge in [-0.3, -0.25) is 4.79 Å². The van der Waals surface area contributed by atoms with Gasteiger partial charge in [0.15, 0.2) is 6.54 Å². The second kappa shape index (κ2) is 7.56. The molecule has 1 aliphatic heterocycles. The van der Waals surface area contributed by atoms with E-state index in [-0.39, 0.29) is 5.91 Å². The molecule has 3 nitrogen and oxygen atoms in total. The lowest BCUT2D eigenvalue weighted by Gasteiger charge is -2.20. The topological polar surface area (TPSA) is 33.5 Å². The molecule has 1 amide bonds. The average molecular weight is 315 g/mol. The van der Waals surface area contributed by atoms with Crippen molar-refractivity contribution in [3.05, 3.63) is 58.3 Å². The number of likely N-dealkylation sites (tertiary alicyclic amines) is 1. The number of carbonyl (C=O) groups is 1. The minimum Gasteiger partial charge on any atom is -0.351 e. The van der Waals surface area contributed by atoms with Gasteiger partial charge in [-0.1, -0.05) is 36.4 Å². The third-order valence-corrected chi connectivity index (χ3v) is 5.32. The molecular formula is C18H23N2OS+. The van der Waals surface area contributed by atoms with Crippen LogP contribution >= 0.6 is 11.3 Å². The van der Waals surface area contributed by atoms with Gasteiger partial charge in [0.05, 0.1) is 11.4 Å². The highest BCUT2D eigenvalue weighted by Crippen LogP contribution is 2.23. The monoisotopic (exact) mass is 315 g/mol. The molecule has 1 saturated heterocycles. The smallest absolute Gasteiger partial charge is 0.275 e. The van der Waals surface area contributed by atoms with Gasteiger partial charge < -0.3 is 10.2 Å². The Bertz CT molecular complexity index is 582. The first-order chi connectivity index (χ1) is 10.8. The van der Waals surface area contributed by atoms with Crippen molar-refractivity contribution in [3.8, 4) is 0 Å². The van der Waals surface area contributed by atoms with Crippen LogP contribution in [0.5, 0.6) is 0 Å². The summed E-state index contributed by atoms with van der Waals surface area (Å²) in [5.74, 6) is 0.175. The summed E-state index contributed by atoms with van der Waals surface area (Å²) < 4.78 is 0. The molecule has 1 fully saturated rings. The highest BCUT2D eigenvalue weighted by atomic mass is 32.1. The first-order valence-corrected chi connectivity index (χ1v) is 8.89. The Morgan fingerprint density at radius 3 is 2.86 bits per heavy atom. The third kappa shape index (κ3) is 3.96. The fraction of sp³-hybridized carbons (Fsp3) is 0.389. The minimum absolute atomic E-state index is 0.175. The number of nitrogens with one attached hydrogen (secondary N) is 2. The summed E-state index contributed by atoms with van der Waals surface area (Å²) in [5, 5.41) is 5.20. The van der Waals surface area contributed by atoms with Crippen LogP contribution in [0.1, 0.15) is 29.3 Å². The zero-order valence-corrected chi connectivity index (χ0v) is 13.6. The van der Waals surface area contributed by atoms with Crippen LogP contribution in [0.3, 0.4) is 0 Å². The van der Waals surface area contributed by atoms with Crippen LogP contribution in [-0.4, -0.2) is 25.5 Å². The van der Waals surface area contributed by atoms with Gasteiger partial charge in [0, 0.05) is 19.4 Å². The van der Waals surface area contributed by atoms with E-state index in [1.165, 1.54) is 28.2 Å². The van der Waals surface area contributed by atoms with Crippen molar-refractivity contribution in [2.24, 2.45) is 0 Å². The Morgan fingerprint density at radius 1 is 1.23 bits per heavy atom. The van der Waals surface area contributed by atoms with Crippen molar-refractivity contribution >= 4 is 17.2 Å². The number of amides is 1. The molecule has 0 saturated carbocycles. The SMILES string of the molecule is O=C(C[NH+]1CCC[C@H]1c1cccs1)NCCc1ccccc1. The number of carbonyl (C=O) groups excluding carboxylic acids is 1. The molecule has 1 aromatic heterocycles. The molecule has 0 radical (unpaired) electrons. The molecule has 0 bridgehead atoms. The molecule has 4 heteroatoms. The number of hydrogen-bond donors (Lipinski definition) is 2. The van der Waals surface area contributed by atoms with Crippen LogP contribution in [0.4, 0.5) is 0 Å². The molecule has 0 aliphatic carbocycles. The van der Waals surface area contributed by atoms with Crippen molar-refractivity contribution in [3.63, 3.8) is 0 Å². The van der Waals surface area contributed by atoms with Gasteiger partial charge in [0.25, 0.3) is 5.91 Å². The van der Waals surface area contributed by atoms with Crippen LogP contribution in [0.15, 0.2) is 47.8 Å². The van der Waals surface area contributed by atoms with Crippen LogP contribution < -0.4 is 10.2 Å². The van der Waals surface area contributed by atoms with Crippen LogP contribution in [-0.2, 0) is 11.2 Å². The van der Waals surface area contributed by atoms with E-state index in [1.54, 1.807) is 0 Å². The molecular weight excluding hydrogens is 292 g/mol. The Hall–Kier alpha value is -1.65. The van der Waals surface area contributed by atoms with Gasteiger partial charge in [-0.2, -0.15) is 0 Å². The van der Waals surface area contributed by atoms with Gasteiger partial charge in [-0.25, -0.2) is 0 Å². The molecule has 2 atom stereocenters. The molecule has 3 rings (SSSR count). The van der Waals surface area contributed by atoms with Crippen molar-refractivity contribution in [1.29, 1.82) is 0 Å². The Kier molecular flexibility index (Phi) is 5.24. The molecule has 22 heavy (non-hydrogen) atoms. The van der Waals surface area contributed by atoms with Crippen molar-refractivity contribution in [2.75, 3.05) is 19.6 Å². The lowest BCUT2D eigenvalue weighted by atomic mass is 10.1. The molecule has 1 aliphatic rings. The maximum Gasteiger partial charge on any atom is 0.275 e. The summed E-state index contributed by atoms with van der Waals surface area (Å²) >= 11 is 1.81. The quantitative estimate of drug-likeness (QED) is 0.838. The standard InChI is InChI=1S/C18H22N2OS/c21-18(19-11-10-15-6-2-1-3-7-15)14-20-12-4-8-16(20)17-9-5-13-22-17/h1-3,5-7,9,13,16H,4,8,10-12,14H2,(H,19,21)/p+1/t16-/m0/s1. The van der Waals surface area contributed by atoms with Crippen LogP contribution in [0.25, 0.3) is 0 Å². The zero-order chi connectivity index (χ0) is 15.2. The lowest BCUT2D eigenvalue weighted by Crippen LogP contribution is -3.11. The number of rotatable bonds is 6. The van der Waals surface area contributed by atoms with E-state index in [0.717, 1.165) is 19.5 Å². The number of hydrogen-bond acceptors (Lipinski definition) is 2. The number of thiophene rings is 1. The Labute approximate surface area is 136 Å². The summed E-state index contributed by atoms with van der Waals surface area (Å²) in [6, 6.07) is 15.1. The number of quaternary nitrogens is 1. The predicted octanol–water partition coefficient (Wildman–Crippen LogP) is 1.83. The minimum atomic E-state index is 0.175. The molecule has 2 aromatic rings. The van der Waals surface area contributed by atoms with E-state index >= 15 is 0 Å². The Balaban J connectivity index is 1.45. The summed E-state index contributed by atoms with van der Waals surface area (Å²) in [7, 11) is 0. The van der Waals surface area contributed by atoms with Gasteiger partial charge in [0.2, 0.25) is 0 Å². The second-order valence-electron chi connectivity index (χ2n) is 5.88. The van der Waals surface area contributed by atoms with E-state index < -0.39 is 0 Å². The van der Waals surface area contributed by atoms with E-state index in [4.69, 9.17) is 0 Å². The highest BCUT2D eigenvalue weighted by molar-refractivity contribution is 7.10. The summed E-state index contributed by atoms with van der Waals surface area (Å²) in [6.45, 7) is 2.42. The summed E-state index contributed by atoms with van der Waals surface area (Å²) in [6.07, 6.45) is 3.32. The van der Waals surface area contributed by atoms with Gasteiger partial charge in [-0.15, -0.1) is 11.3 Å². The number of benzene rings is 1. The van der Waals surface area contributed by atoms with E-state index in [1.807, 2.05) is 29.5 Å². The molecule has 2 heterocycles.